The quantitative estimate of drug-likeness (QED) is 0.610. The van der Waals surface area contributed by atoms with Crippen LogP contribution in [0.5, 0.6) is 0 Å². The number of aryl methyl sites for hydroxylation is 1. The van der Waals surface area contributed by atoms with E-state index in [0.717, 1.165) is 0 Å². The van der Waals surface area contributed by atoms with E-state index in [-0.39, 0.29) is 32.7 Å². The minimum atomic E-state index is 0. The molecule has 0 unspecified atom stereocenters. The van der Waals surface area contributed by atoms with Crippen molar-refractivity contribution >= 4 is 11.9 Å². The zero-order valence-corrected chi connectivity index (χ0v) is 12.0. The first kappa shape index (κ1) is 12.7. The van der Waals surface area contributed by atoms with Crippen LogP contribution in [0, 0.1) is 6.42 Å². The van der Waals surface area contributed by atoms with Crippen LogP contribution in [0.2, 0.25) is 0 Å². The van der Waals surface area contributed by atoms with Crippen LogP contribution >= 0.6 is 11.9 Å². The first-order valence-corrected chi connectivity index (χ1v) is 5.35. The summed E-state index contributed by atoms with van der Waals surface area (Å²) >= 11 is 1.82. The SMILES string of the molecule is Cn1cc(SN2CC[CH-]CC2)cn1.[Y]. The Balaban J connectivity index is 0.000000980. The van der Waals surface area contributed by atoms with Crippen molar-refractivity contribution in [1.82, 2.24) is 14.1 Å². The van der Waals surface area contributed by atoms with Gasteiger partial charge in [-0.05, 0) is 25.0 Å². The molecule has 0 saturated carbocycles. The van der Waals surface area contributed by atoms with E-state index in [1.54, 1.807) is 0 Å². The Morgan fingerprint density at radius 1 is 1.43 bits per heavy atom. The van der Waals surface area contributed by atoms with Crippen molar-refractivity contribution in [2.75, 3.05) is 13.1 Å². The summed E-state index contributed by atoms with van der Waals surface area (Å²) in [6.45, 7) is 2.33. The van der Waals surface area contributed by atoms with Crippen LogP contribution in [0.1, 0.15) is 12.8 Å². The maximum Gasteiger partial charge on any atom is 0.0639 e. The Labute approximate surface area is 115 Å². The summed E-state index contributed by atoms with van der Waals surface area (Å²) in [5.74, 6) is 0. The fourth-order valence-electron chi connectivity index (χ4n) is 1.41. The Kier molecular flexibility index (Phi) is 5.67. The number of rotatable bonds is 2. The molecule has 2 heterocycles. The maximum atomic E-state index is 4.14. The van der Waals surface area contributed by atoms with E-state index in [0.29, 0.717) is 0 Å². The van der Waals surface area contributed by atoms with E-state index in [2.05, 4.69) is 22.0 Å². The summed E-state index contributed by atoms with van der Waals surface area (Å²) in [6.07, 6.45) is 8.77. The van der Waals surface area contributed by atoms with Crippen molar-refractivity contribution in [3.63, 3.8) is 0 Å². The van der Waals surface area contributed by atoms with Gasteiger partial charge in [0, 0.05) is 46.0 Å². The van der Waals surface area contributed by atoms with Gasteiger partial charge in [-0.2, -0.15) is 17.9 Å². The predicted octanol–water partition coefficient (Wildman–Crippen LogP) is 1.72. The topological polar surface area (TPSA) is 21.1 Å². The molecule has 0 aromatic carbocycles. The van der Waals surface area contributed by atoms with Gasteiger partial charge in [0.2, 0.25) is 0 Å². The van der Waals surface area contributed by atoms with E-state index < -0.39 is 0 Å². The summed E-state index contributed by atoms with van der Waals surface area (Å²) in [4.78, 5) is 1.24. The average molecular weight is 285 g/mol. The van der Waals surface area contributed by atoms with E-state index in [1.807, 2.05) is 29.9 Å². The molecule has 1 aromatic rings. The van der Waals surface area contributed by atoms with Crippen LogP contribution in [-0.2, 0) is 39.8 Å². The summed E-state index contributed by atoms with van der Waals surface area (Å²) in [5.41, 5.74) is 0. The van der Waals surface area contributed by atoms with Gasteiger partial charge in [-0.15, -0.1) is 0 Å². The summed E-state index contributed by atoms with van der Waals surface area (Å²) in [7, 11) is 1.95. The Morgan fingerprint density at radius 2 is 2.14 bits per heavy atom. The predicted molar refractivity (Wildman–Crippen MR) is 54.2 cm³/mol. The zero-order chi connectivity index (χ0) is 9.10. The van der Waals surface area contributed by atoms with Gasteiger partial charge in [-0.3, -0.25) is 8.99 Å². The van der Waals surface area contributed by atoms with Crippen molar-refractivity contribution in [2.45, 2.75) is 17.7 Å². The van der Waals surface area contributed by atoms with Crippen molar-refractivity contribution in [3.05, 3.63) is 18.8 Å². The molecule has 1 radical (unpaired) electrons. The zero-order valence-electron chi connectivity index (χ0n) is 8.39. The van der Waals surface area contributed by atoms with Gasteiger partial charge in [0.05, 0.1) is 11.1 Å². The molecule has 1 aliphatic rings. The van der Waals surface area contributed by atoms with Crippen LogP contribution in [-0.4, -0.2) is 27.2 Å². The van der Waals surface area contributed by atoms with Crippen LogP contribution in [0.25, 0.3) is 0 Å². The van der Waals surface area contributed by atoms with Gasteiger partial charge in [-0.1, -0.05) is 0 Å². The Bertz CT molecular complexity index is 271. The molecule has 0 aliphatic carbocycles. The number of aromatic nitrogens is 2. The average Bonchev–Trinajstić information content (AvgIpc) is 2.53. The molecule has 0 bridgehead atoms. The fraction of sp³-hybridized carbons (Fsp3) is 0.556. The van der Waals surface area contributed by atoms with Gasteiger partial charge in [0.15, 0.2) is 0 Å². The maximum absolute atomic E-state index is 4.14. The molecule has 75 valence electrons. The summed E-state index contributed by atoms with van der Waals surface area (Å²) in [5, 5.41) is 4.14. The number of hydrogen-bond donors (Lipinski definition) is 0. The van der Waals surface area contributed by atoms with Gasteiger partial charge in [0.1, 0.15) is 0 Å². The minimum absolute atomic E-state index is 0. The molecule has 2 rings (SSSR count). The van der Waals surface area contributed by atoms with E-state index >= 15 is 0 Å². The first-order chi connectivity index (χ1) is 6.34. The van der Waals surface area contributed by atoms with Gasteiger partial charge in [-0.25, -0.2) is 0 Å². The van der Waals surface area contributed by atoms with E-state index in [9.17, 15) is 0 Å². The molecule has 1 fully saturated rings. The molecule has 3 nitrogen and oxygen atoms in total. The standard InChI is InChI=1S/C9H14N3S.Y/c1-11-8-9(7-10-11)13-12-5-3-2-4-6-12;/h2,7-8H,3-6H2,1H3;/q-1;. The third kappa shape index (κ3) is 3.65. The molecular formula is C9H14N3SY-. The number of hydrogen-bond acceptors (Lipinski definition) is 3. The third-order valence-corrected chi connectivity index (χ3v) is 3.13. The van der Waals surface area contributed by atoms with E-state index in [1.165, 1.54) is 30.8 Å². The molecule has 1 saturated heterocycles. The molecule has 0 amide bonds. The summed E-state index contributed by atoms with van der Waals surface area (Å²) < 4.78 is 4.25. The van der Waals surface area contributed by atoms with Gasteiger partial charge in [0.25, 0.3) is 0 Å². The summed E-state index contributed by atoms with van der Waals surface area (Å²) in [6, 6.07) is 0. The van der Waals surface area contributed by atoms with Crippen molar-refractivity contribution < 1.29 is 32.7 Å². The minimum Gasteiger partial charge on any atom is -0.326 e. The molecule has 0 N–H and O–H groups in total. The molecule has 5 heteroatoms. The van der Waals surface area contributed by atoms with Crippen LogP contribution < -0.4 is 0 Å². The monoisotopic (exact) mass is 285 g/mol. The molecule has 0 atom stereocenters. The molecular weight excluding hydrogens is 271 g/mol. The second-order valence-electron chi connectivity index (χ2n) is 3.24. The Morgan fingerprint density at radius 3 is 2.71 bits per heavy atom. The smallest absolute Gasteiger partial charge is 0.0639 e. The Hall–Kier alpha value is 0.624. The normalized spacial score (nSPS) is 17.8. The van der Waals surface area contributed by atoms with E-state index in [4.69, 9.17) is 0 Å². The van der Waals surface area contributed by atoms with Crippen LogP contribution in [0.15, 0.2) is 17.3 Å². The molecule has 14 heavy (non-hydrogen) atoms. The first-order valence-electron chi connectivity index (χ1n) is 4.58. The second-order valence-corrected chi connectivity index (χ2v) is 4.41. The van der Waals surface area contributed by atoms with Crippen LogP contribution in [0.3, 0.4) is 0 Å². The molecule has 1 aromatic heterocycles. The third-order valence-electron chi connectivity index (χ3n) is 2.08. The van der Waals surface area contributed by atoms with Gasteiger partial charge < -0.3 is 6.42 Å². The second kappa shape index (κ2) is 6.26. The largest absolute Gasteiger partial charge is 0.326 e. The molecule has 1 aliphatic heterocycles. The van der Waals surface area contributed by atoms with Crippen LogP contribution in [0.4, 0.5) is 0 Å². The number of nitrogens with zero attached hydrogens (tertiary/aromatic N) is 3. The van der Waals surface area contributed by atoms with Crippen molar-refractivity contribution in [1.29, 1.82) is 0 Å². The number of piperidine rings is 1. The van der Waals surface area contributed by atoms with Crippen molar-refractivity contribution in [2.24, 2.45) is 7.05 Å². The fourth-order valence-corrected chi connectivity index (χ4v) is 2.40. The molecule has 0 spiro atoms. The van der Waals surface area contributed by atoms with Crippen molar-refractivity contribution in [3.8, 4) is 0 Å². The van der Waals surface area contributed by atoms with Gasteiger partial charge >= 0.3 is 0 Å².